The van der Waals surface area contributed by atoms with Gasteiger partial charge >= 0.3 is 0 Å². The largest absolute Gasteiger partial charge is 0.319 e. The molecule has 2 rings (SSSR count). The highest BCUT2D eigenvalue weighted by Gasteiger charge is 2.26. The van der Waals surface area contributed by atoms with Crippen LogP contribution in [0.15, 0.2) is 18.2 Å². The Morgan fingerprint density at radius 3 is 3.06 bits per heavy atom. The first-order valence-electron chi connectivity index (χ1n) is 5.70. The number of nitrogens with zero attached hydrogens (tertiary/aromatic N) is 2. The lowest BCUT2D eigenvalue weighted by molar-refractivity contribution is -0.117. The summed E-state index contributed by atoms with van der Waals surface area (Å²) in [5.41, 5.74) is 3.16. The molecule has 0 aliphatic carbocycles. The Morgan fingerprint density at radius 2 is 2.35 bits per heavy atom. The smallest absolute Gasteiger partial charge is 0.232 e. The number of amides is 1. The van der Waals surface area contributed by atoms with E-state index >= 15 is 0 Å². The fourth-order valence-electron chi connectivity index (χ4n) is 2.11. The highest BCUT2D eigenvalue weighted by Crippen LogP contribution is 2.29. The van der Waals surface area contributed by atoms with Gasteiger partial charge in [-0.3, -0.25) is 9.69 Å². The molecule has 17 heavy (non-hydrogen) atoms. The van der Waals surface area contributed by atoms with Gasteiger partial charge in [-0.2, -0.15) is 5.26 Å². The molecule has 4 heteroatoms. The minimum Gasteiger partial charge on any atom is -0.319 e. The second-order valence-electron chi connectivity index (χ2n) is 4.13. The van der Waals surface area contributed by atoms with Crippen molar-refractivity contribution < 1.29 is 4.79 Å². The summed E-state index contributed by atoms with van der Waals surface area (Å²) in [5.74, 6) is 0.0207. The van der Waals surface area contributed by atoms with E-state index < -0.39 is 0 Å². The number of anilines is 1. The first-order chi connectivity index (χ1) is 8.26. The molecule has 0 atom stereocenters. The Kier molecular flexibility index (Phi) is 3.40. The van der Waals surface area contributed by atoms with E-state index in [9.17, 15) is 4.79 Å². The van der Waals surface area contributed by atoms with E-state index in [2.05, 4.69) is 11.4 Å². The second kappa shape index (κ2) is 4.98. The maximum absolute atomic E-state index is 11.7. The third-order valence-electron chi connectivity index (χ3n) is 2.97. The van der Waals surface area contributed by atoms with Crippen molar-refractivity contribution in [2.45, 2.75) is 12.8 Å². The van der Waals surface area contributed by atoms with Gasteiger partial charge in [-0.1, -0.05) is 12.1 Å². The number of nitrogens with one attached hydrogen (secondary N) is 1. The number of carbonyl (C=O) groups is 1. The Bertz CT molecular complexity index is 476. The molecule has 1 aliphatic heterocycles. The summed E-state index contributed by atoms with van der Waals surface area (Å²) in [6.07, 6.45) is 1.38. The molecule has 88 valence electrons. The Hall–Kier alpha value is -1.86. The van der Waals surface area contributed by atoms with Gasteiger partial charge in [0.25, 0.3) is 0 Å². The van der Waals surface area contributed by atoms with Crippen molar-refractivity contribution in [2.75, 3.05) is 25.0 Å². The SMILES string of the molecule is CNCCc1ccc2c(c1)CC(=O)N2CC#N. The van der Waals surface area contributed by atoms with E-state index in [0.717, 1.165) is 24.2 Å². The van der Waals surface area contributed by atoms with Gasteiger partial charge in [0.15, 0.2) is 0 Å². The van der Waals surface area contributed by atoms with Crippen LogP contribution in [0.1, 0.15) is 11.1 Å². The molecule has 0 bridgehead atoms. The van der Waals surface area contributed by atoms with Crippen molar-refractivity contribution in [2.24, 2.45) is 0 Å². The molecule has 0 radical (unpaired) electrons. The van der Waals surface area contributed by atoms with Gasteiger partial charge in [0.2, 0.25) is 5.91 Å². The Labute approximate surface area is 101 Å². The number of rotatable bonds is 4. The molecule has 1 heterocycles. The van der Waals surface area contributed by atoms with Crippen LogP contribution in [0.2, 0.25) is 0 Å². The number of hydrogen-bond donors (Lipinski definition) is 1. The maximum Gasteiger partial charge on any atom is 0.232 e. The minimum atomic E-state index is 0.0207. The van der Waals surface area contributed by atoms with E-state index in [1.165, 1.54) is 5.56 Å². The van der Waals surface area contributed by atoms with Gasteiger partial charge < -0.3 is 5.32 Å². The van der Waals surface area contributed by atoms with Crippen LogP contribution in [-0.4, -0.2) is 26.0 Å². The normalized spacial score (nSPS) is 13.6. The number of benzene rings is 1. The van der Waals surface area contributed by atoms with Crippen molar-refractivity contribution >= 4 is 11.6 Å². The average molecular weight is 229 g/mol. The third kappa shape index (κ3) is 2.29. The number of carbonyl (C=O) groups excluding carboxylic acids is 1. The number of fused-ring (bicyclic) bond motifs is 1. The predicted molar refractivity (Wildman–Crippen MR) is 65.7 cm³/mol. The van der Waals surface area contributed by atoms with Crippen LogP contribution in [0.25, 0.3) is 0 Å². The Balaban J connectivity index is 2.22. The van der Waals surface area contributed by atoms with E-state index in [0.29, 0.717) is 6.42 Å². The van der Waals surface area contributed by atoms with Crippen LogP contribution in [0.5, 0.6) is 0 Å². The fourth-order valence-corrected chi connectivity index (χ4v) is 2.11. The minimum absolute atomic E-state index is 0.0207. The first kappa shape index (κ1) is 11.6. The molecule has 0 aromatic heterocycles. The summed E-state index contributed by atoms with van der Waals surface area (Å²) in [6.45, 7) is 1.07. The number of likely N-dealkylation sites (N-methyl/N-ethyl adjacent to an activating group) is 1. The quantitative estimate of drug-likeness (QED) is 0.779. The summed E-state index contributed by atoms with van der Waals surface area (Å²) in [7, 11) is 1.92. The maximum atomic E-state index is 11.7. The summed E-state index contributed by atoms with van der Waals surface area (Å²) in [6, 6.07) is 8.07. The second-order valence-corrected chi connectivity index (χ2v) is 4.13. The molecular formula is C13H15N3O. The lowest BCUT2D eigenvalue weighted by Gasteiger charge is -2.13. The van der Waals surface area contributed by atoms with Crippen molar-refractivity contribution in [1.82, 2.24) is 5.32 Å². The van der Waals surface area contributed by atoms with Crippen molar-refractivity contribution in [3.63, 3.8) is 0 Å². The van der Waals surface area contributed by atoms with E-state index in [-0.39, 0.29) is 12.5 Å². The number of nitriles is 1. The van der Waals surface area contributed by atoms with E-state index in [1.807, 2.05) is 25.2 Å². The summed E-state index contributed by atoms with van der Waals surface area (Å²) in [5, 5.41) is 11.8. The molecule has 0 saturated carbocycles. The molecule has 4 nitrogen and oxygen atoms in total. The molecule has 0 unspecified atom stereocenters. The van der Waals surface area contributed by atoms with Crippen molar-refractivity contribution in [3.05, 3.63) is 29.3 Å². The summed E-state index contributed by atoms with van der Waals surface area (Å²) in [4.78, 5) is 13.3. The zero-order chi connectivity index (χ0) is 12.3. The van der Waals surface area contributed by atoms with E-state index in [4.69, 9.17) is 5.26 Å². The lowest BCUT2D eigenvalue weighted by Crippen LogP contribution is -2.26. The highest BCUT2D eigenvalue weighted by molar-refractivity contribution is 6.01. The molecule has 1 aliphatic rings. The summed E-state index contributed by atoms with van der Waals surface area (Å²) >= 11 is 0. The first-order valence-corrected chi connectivity index (χ1v) is 5.70. The third-order valence-corrected chi connectivity index (χ3v) is 2.97. The van der Waals surface area contributed by atoms with Crippen molar-refractivity contribution in [1.29, 1.82) is 5.26 Å². The topological polar surface area (TPSA) is 56.1 Å². The predicted octanol–water partition coefficient (Wildman–Crippen LogP) is 0.861. The van der Waals surface area contributed by atoms with Crippen LogP contribution < -0.4 is 10.2 Å². The fraction of sp³-hybridized carbons (Fsp3) is 0.385. The van der Waals surface area contributed by atoms with Gasteiger partial charge in [-0.05, 0) is 37.2 Å². The molecular weight excluding hydrogens is 214 g/mol. The summed E-state index contributed by atoms with van der Waals surface area (Å²) < 4.78 is 0. The van der Waals surface area contributed by atoms with Crippen LogP contribution >= 0.6 is 0 Å². The monoisotopic (exact) mass is 229 g/mol. The van der Waals surface area contributed by atoms with Crippen LogP contribution in [0.3, 0.4) is 0 Å². The zero-order valence-corrected chi connectivity index (χ0v) is 9.86. The van der Waals surface area contributed by atoms with Crippen molar-refractivity contribution in [3.8, 4) is 6.07 Å². The number of hydrogen-bond acceptors (Lipinski definition) is 3. The molecule has 0 saturated heterocycles. The van der Waals surface area contributed by atoms with Gasteiger partial charge in [0.05, 0.1) is 12.5 Å². The molecule has 0 spiro atoms. The molecule has 0 fully saturated rings. The average Bonchev–Trinajstić information content (AvgIpc) is 2.63. The van der Waals surface area contributed by atoms with Crippen LogP contribution in [0.4, 0.5) is 5.69 Å². The van der Waals surface area contributed by atoms with Gasteiger partial charge in [-0.15, -0.1) is 0 Å². The van der Waals surface area contributed by atoms with Gasteiger partial charge in [0.1, 0.15) is 6.54 Å². The molecule has 1 N–H and O–H groups in total. The Morgan fingerprint density at radius 1 is 1.53 bits per heavy atom. The van der Waals surface area contributed by atoms with Crippen LogP contribution in [-0.2, 0) is 17.6 Å². The standard InChI is InChI=1S/C13H15N3O/c1-15-6-4-10-2-3-12-11(8-10)9-13(17)16(12)7-5-14/h2-3,8,15H,4,6-7,9H2,1H3. The molecule has 1 aromatic rings. The van der Waals surface area contributed by atoms with Gasteiger partial charge in [0, 0.05) is 5.69 Å². The van der Waals surface area contributed by atoms with E-state index in [1.54, 1.807) is 4.90 Å². The highest BCUT2D eigenvalue weighted by atomic mass is 16.2. The van der Waals surface area contributed by atoms with Crippen LogP contribution in [0, 0.1) is 11.3 Å². The molecule has 1 aromatic carbocycles. The molecule has 1 amide bonds. The zero-order valence-electron chi connectivity index (χ0n) is 9.86. The lowest BCUT2D eigenvalue weighted by atomic mass is 10.1. The van der Waals surface area contributed by atoms with Gasteiger partial charge in [-0.25, -0.2) is 0 Å².